The predicted octanol–water partition coefficient (Wildman–Crippen LogP) is 3.94. The van der Waals surface area contributed by atoms with E-state index < -0.39 is 0 Å². The van der Waals surface area contributed by atoms with Crippen LogP contribution in [0.4, 0.5) is 5.82 Å². The first-order valence-corrected chi connectivity index (χ1v) is 10.8. The molecule has 8 nitrogen and oxygen atoms in total. The second-order valence-electron chi connectivity index (χ2n) is 8.43. The van der Waals surface area contributed by atoms with E-state index >= 15 is 0 Å². The second kappa shape index (κ2) is 8.20. The molecule has 1 aromatic carbocycles. The molecule has 164 valence electrons. The van der Waals surface area contributed by atoms with E-state index in [2.05, 4.69) is 46.4 Å². The van der Waals surface area contributed by atoms with Gasteiger partial charge in [0.15, 0.2) is 5.82 Å². The molecule has 2 N–H and O–H groups in total. The topological polar surface area (TPSA) is 105 Å². The summed E-state index contributed by atoms with van der Waals surface area (Å²) in [5.41, 5.74) is 9.51. The van der Waals surface area contributed by atoms with Crippen LogP contribution in [0.5, 0.6) is 0 Å². The Labute approximate surface area is 186 Å². The van der Waals surface area contributed by atoms with Gasteiger partial charge in [0, 0.05) is 25.1 Å². The number of benzene rings is 1. The second-order valence-corrected chi connectivity index (χ2v) is 8.43. The Morgan fingerprint density at radius 1 is 1.09 bits per heavy atom. The smallest absolute Gasteiger partial charge is 0.261 e. The first-order chi connectivity index (χ1) is 15.6. The lowest BCUT2D eigenvalue weighted by atomic mass is 9.76. The van der Waals surface area contributed by atoms with Crippen LogP contribution in [0.1, 0.15) is 31.2 Å². The zero-order valence-electron chi connectivity index (χ0n) is 18.2. The summed E-state index contributed by atoms with van der Waals surface area (Å²) in [6, 6.07) is 12.3. The van der Waals surface area contributed by atoms with Gasteiger partial charge < -0.3 is 15.0 Å². The van der Waals surface area contributed by atoms with Gasteiger partial charge in [0.25, 0.3) is 5.89 Å². The number of aromatic nitrogens is 5. The molecule has 0 radical (unpaired) electrons. The number of nitrogens with zero attached hydrogens (tertiary/aromatic N) is 5. The fourth-order valence-electron chi connectivity index (χ4n) is 4.13. The molecule has 3 heterocycles. The number of methoxy groups -OCH3 is 1. The van der Waals surface area contributed by atoms with Gasteiger partial charge in [0.1, 0.15) is 5.82 Å². The molecule has 0 unspecified atom stereocenters. The first-order valence-electron chi connectivity index (χ1n) is 10.8. The zero-order valence-corrected chi connectivity index (χ0v) is 18.2. The van der Waals surface area contributed by atoms with Crippen molar-refractivity contribution in [3.05, 3.63) is 66.4 Å². The lowest BCUT2D eigenvalue weighted by molar-refractivity contribution is 0.183. The maximum Gasteiger partial charge on any atom is 0.261 e. The van der Waals surface area contributed by atoms with Crippen LogP contribution in [0.25, 0.3) is 22.6 Å². The molecule has 1 fully saturated rings. The van der Waals surface area contributed by atoms with Crippen molar-refractivity contribution in [1.82, 2.24) is 24.9 Å². The van der Waals surface area contributed by atoms with Crippen LogP contribution in [-0.4, -0.2) is 38.6 Å². The van der Waals surface area contributed by atoms with E-state index in [0.29, 0.717) is 36.6 Å². The van der Waals surface area contributed by atoms with Crippen molar-refractivity contribution in [1.29, 1.82) is 0 Å². The van der Waals surface area contributed by atoms with Crippen molar-refractivity contribution < 1.29 is 9.26 Å². The van der Waals surface area contributed by atoms with Crippen LogP contribution >= 0.6 is 0 Å². The molecule has 3 aromatic heterocycles. The molecule has 0 spiro atoms. The fourth-order valence-corrected chi connectivity index (χ4v) is 4.13. The maximum absolute atomic E-state index is 5.71. The minimum absolute atomic E-state index is 0.314. The summed E-state index contributed by atoms with van der Waals surface area (Å²) in [4.78, 5) is 8.98. The van der Waals surface area contributed by atoms with E-state index in [9.17, 15) is 0 Å². The van der Waals surface area contributed by atoms with Gasteiger partial charge in [-0.05, 0) is 48.9 Å². The summed E-state index contributed by atoms with van der Waals surface area (Å²) in [5.74, 6) is 2.20. The number of hydrogen-bond donors (Lipinski definition) is 1. The molecule has 5 rings (SSSR count). The van der Waals surface area contributed by atoms with Gasteiger partial charge in [-0.3, -0.25) is 4.68 Å². The lowest BCUT2D eigenvalue weighted by Gasteiger charge is -2.27. The Balaban J connectivity index is 1.43. The number of hydrogen-bond acceptors (Lipinski definition) is 7. The van der Waals surface area contributed by atoms with E-state index in [0.717, 1.165) is 29.5 Å². The highest BCUT2D eigenvalue weighted by Crippen LogP contribution is 2.50. The van der Waals surface area contributed by atoms with E-state index in [4.69, 9.17) is 20.0 Å². The predicted molar refractivity (Wildman–Crippen MR) is 121 cm³/mol. The van der Waals surface area contributed by atoms with Crippen molar-refractivity contribution in [3.8, 4) is 22.6 Å². The molecule has 8 heteroatoms. The number of pyridine rings is 1. The molecule has 0 aliphatic heterocycles. The van der Waals surface area contributed by atoms with Crippen molar-refractivity contribution >= 4 is 5.82 Å². The van der Waals surface area contributed by atoms with Gasteiger partial charge in [0.05, 0.1) is 30.3 Å². The molecule has 1 saturated carbocycles. The van der Waals surface area contributed by atoms with E-state index in [1.165, 1.54) is 5.56 Å². The average Bonchev–Trinajstić information content (AvgIpc) is 3.37. The van der Waals surface area contributed by atoms with Crippen LogP contribution in [0.2, 0.25) is 0 Å². The van der Waals surface area contributed by atoms with Crippen molar-refractivity contribution in [2.24, 2.45) is 5.92 Å². The highest BCUT2D eigenvalue weighted by atomic mass is 16.5. The van der Waals surface area contributed by atoms with Crippen molar-refractivity contribution in [2.75, 3.05) is 19.5 Å². The molecular formula is C24H26N6O2. The van der Waals surface area contributed by atoms with Gasteiger partial charge in [0.2, 0.25) is 0 Å². The summed E-state index contributed by atoms with van der Waals surface area (Å²) in [7, 11) is 1.67. The van der Waals surface area contributed by atoms with Crippen molar-refractivity contribution in [2.45, 2.75) is 31.7 Å². The third-order valence-corrected chi connectivity index (χ3v) is 6.29. The lowest BCUT2D eigenvalue weighted by Crippen LogP contribution is -2.28. The highest BCUT2D eigenvalue weighted by molar-refractivity contribution is 5.64. The number of ether oxygens (including phenoxy) is 1. The van der Waals surface area contributed by atoms with Gasteiger partial charge in [-0.15, -0.1) is 0 Å². The van der Waals surface area contributed by atoms with E-state index in [1.54, 1.807) is 19.5 Å². The summed E-state index contributed by atoms with van der Waals surface area (Å²) in [6.45, 7) is 3.48. The van der Waals surface area contributed by atoms with Crippen LogP contribution in [0, 0.1) is 5.92 Å². The average molecular weight is 431 g/mol. The number of rotatable bonds is 8. The Kier molecular flexibility index (Phi) is 5.22. The van der Waals surface area contributed by atoms with Gasteiger partial charge in [-0.1, -0.05) is 29.4 Å². The molecule has 1 atom stereocenters. The summed E-state index contributed by atoms with van der Waals surface area (Å²) >= 11 is 0. The monoisotopic (exact) mass is 430 g/mol. The van der Waals surface area contributed by atoms with E-state index in [-0.39, 0.29) is 5.41 Å². The standard InChI is InChI=1S/C24H26N6O2/c1-24(20-8-9-20,19-6-3-16(4-7-19)17-5-10-21(25)26-13-17)23-28-22(32-29-23)18-14-27-30(15-18)11-12-31-2/h3-7,10,13-15,20H,8-9,11-12H2,1-2H3,(H2,25,26)/t24-/m1/s1. The highest BCUT2D eigenvalue weighted by Gasteiger charge is 2.47. The third kappa shape index (κ3) is 3.78. The van der Waals surface area contributed by atoms with Crippen LogP contribution < -0.4 is 5.73 Å². The number of anilines is 1. The zero-order chi connectivity index (χ0) is 22.1. The molecular weight excluding hydrogens is 404 g/mol. The largest absolute Gasteiger partial charge is 0.384 e. The Morgan fingerprint density at radius 2 is 1.88 bits per heavy atom. The molecule has 0 amide bonds. The van der Waals surface area contributed by atoms with Crippen LogP contribution in [-0.2, 0) is 16.7 Å². The van der Waals surface area contributed by atoms with Crippen LogP contribution in [0.15, 0.2) is 59.5 Å². The molecule has 1 aliphatic rings. The third-order valence-electron chi connectivity index (χ3n) is 6.29. The molecule has 32 heavy (non-hydrogen) atoms. The molecule has 0 bridgehead atoms. The van der Waals surface area contributed by atoms with Crippen LogP contribution in [0.3, 0.4) is 0 Å². The molecule has 4 aromatic rings. The fraction of sp³-hybridized carbons (Fsp3) is 0.333. The minimum atomic E-state index is -0.314. The summed E-state index contributed by atoms with van der Waals surface area (Å²) < 4.78 is 12.6. The Bertz CT molecular complexity index is 1190. The molecule has 0 saturated heterocycles. The van der Waals surface area contributed by atoms with Gasteiger partial charge >= 0.3 is 0 Å². The maximum atomic E-state index is 5.71. The summed E-state index contributed by atoms with van der Waals surface area (Å²) in [6.07, 6.45) is 7.75. The SMILES string of the molecule is COCCn1cc(-c2nc([C@](C)(c3ccc(-c4ccc(N)nc4)cc3)C3CC3)no2)cn1. The molecule has 1 aliphatic carbocycles. The summed E-state index contributed by atoms with van der Waals surface area (Å²) in [5, 5.41) is 8.74. The first kappa shape index (κ1) is 20.4. The number of nitrogen functional groups attached to an aromatic ring is 1. The van der Waals surface area contributed by atoms with Crippen molar-refractivity contribution in [3.63, 3.8) is 0 Å². The Hall–Kier alpha value is -3.52. The minimum Gasteiger partial charge on any atom is -0.384 e. The van der Waals surface area contributed by atoms with Gasteiger partial charge in [-0.25, -0.2) is 4.98 Å². The quantitative estimate of drug-likeness (QED) is 0.451. The normalized spacial score (nSPS) is 15.6. The Morgan fingerprint density at radius 3 is 2.56 bits per heavy atom. The number of nitrogens with two attached hydrogens (primary N) is 1. The van der Waals surface area contributed by atoms with Gasteiger partial charge in [-0.2, -0.15) is 10.1 Å². The van der Waals surface area contributed by atoms with E-state index in [1.807, 2.05) is 23.0 Å².